The molecule has 0 bridgehead atoms. The zero-order chi connectivity index (χ0) is 10.7. The Morgan fingerprint density at radius 2 is 2.20 bits per heavy atom. The van der Waals surface area contributed by atoms with Crippen LogP contribution in [0, 0.1) is 11.7 Å². The van der Waals surface area contributed by atoms with Gasteiger partial charge in [0.05, 0.1) is 6.61 Å². The van der Waals surface area contributed by atoms with E-state index in [1.165, 1.54) is 31.4 Å². The van der Waals surface area contributed by atoms with Crippen molar-refractivity contribution in [2.45, 2.75) is 24.6 Å². The Labute approximate surface area is 97.8 Å². The van der Waals surface area contributed by atoms with E-state index in [4.69, 9.17) is 4.74 Å². The summed E-state index contributed by atoms with van der Waals surface area (Å²) in [6.07, 6.45) is 3.86. The molecule has 1 aliphatic rings. The topological polar surface area (TPSA) is 9.23 Å². The van der Waals surface area contributed by atoms with Crippen molar-refractivity contribution in [2.24, 2.45) is 5.92 Å². The zero-order valence-corrected chi connectivity index (χ0v) is 10.1. The first kappa shape index (κ1) is 10.9. The van der Waals surface area contributed by atoms with Crippen LogP contribution in [-0.4, -0.2) is 6.61 Å². The van der Waals surface area contributed by atoms with Gasteiger partial charge >= 0.3 is 0 Å². The smallest absolute Gasteiger partial charge is 0.123 e. The lowest BCUT2D eigenvalue weighted by molar-refractivity contribution is 0.179. The molecule has 0 heterocycles. The molecule has 15 heavy (non-hydrogen) atoms. The molecular weight excluding hydrogens is 259 g/mol. The fourth-order valence-corrected chi connectivity index (χ4v) is 2.10. The second kappa shape index (κ2) is 4.97. The second-order valence-electron chi connectivity index (χ2n) is 3.99. The molecule has 0 N–H and O–H groups in total. The highest BCUT2D eigenvalue weighted by atomic mass is 79.9. The van der Waals surface area contributed by atoms with E-state index in [2.05, 4.69) is 15.9 Å². The molecule has 2 rings (SSSR count). The predicted molar refractivity (Wildman–Crippen MR) is 61.9 cm³/mol. The molecule has 1 aromatic rings. The van der Waals surface area contributed by atoms with Crippen LogP contribution < -0.4 is 4.74 Å². The van der Waals surface area contributed by atoms with Crippen molar-refractivity contribution in [2.75, 3.05) is 6.61 Å². The van der Waals surface area contributed by atoms with Crippen molar-refractivity contribution >= 4 is 15.9 Å². The van der Waals surface area contributed by atoms with Gasteiger partial charge < -0.3 is 4.74 Å². The van der Waals surface area contributed by atoms with Crippen LogP contribution in [0.1, 0.15) is 24.8 Å². The van der Waals surface area contributed by atoms with Crippen molar-refractivity contribution in [1.82, 2.24) is 0 Å². The summed E-state index contributed by atoms with van der Waals surface area (Å²) in [5.41, 5.74) is 0.884. The minimum absolute atomic E-state index is 0.208. The van der Waals surface area contributed by atoms with Crippen molar-refractivity contribution in [1.29, 1.82) is 0 Å². The Hall–Kier alpha value is -0.570. The van der Waals surface area contributed by atoms with E-state index in [9.17, 15) is 4.39 Å². The molecule has 0 aromatic heterocycles. The highest BCUT2D eigenvalue weighted by Gasteiger charge is 2.18. The van der Waals surface area contributed by atoms with Crippen LogP contribution >= 0.6 is 15.9 Å². The molecule has 0 radical (unpaired) electrons. The van der Waals surface area contributed by atoms with E-state index < -0.39 is 0 Å². The number of halogens is 2. The average Bonchev–Trinajstić information content (AvgIpc) is 2.17. The maximum atomic E-state index is 12.9. The zero-order valence-electron chi connectivity index (χ0n) is 8.51. The van der Waals surface area contributed by atoms with Crippen molar-refractivity contribution in [3.63, 3.8) is 0 Å². The first-order chi connectivity index (χ1) is 7.29. The second-order valence-corrected chi connectivity index (χ2v) is 4.55. The van der Waals surface area contributed by atoms with E-state index in [0.717, 1.165) is 17.9 Å². The van der Waals surface area contributed by atoms with Crippen LogP contribution in [-0.2, 0) is 5.33 Å². The summed E-state index contributed by atoms with van der Waals surface area (Å²) in [4.78, 5) is 0. The summed E-state index contributed by atoms with van der Waals surface area (Å²) in [6, 6.07) is 4.68. The highest BCUT2D eigenvalue weighted by Crippen LogP contribution is 2.28. The molecule has 82 valence electrons. The van der Waals surface area contributed by atoms with E-state index in [1.54, 1.807) is 6.07 Å². The van der Waals surface area contributed by atoms with Crippen LogP contribution in [0.3, 0.4) is 0 Å². The summed E-state index contributed by atoms with van der Waals surface area (Å²) in [6.45, 7) is 0.769. The molecule has 1 aliphatic carbocycles. The lowest BCUT2D eigenvalue weighted by Gasteiger charge is -2.25. The molecule has 3 heteroatoms. The van der Waals surface area contributed by atoms with Crippen LogP contribution in [0.25, 0.3) is 0 Å². The summed E-state index contributed by atoms with van der Waals surface area (Å²) in [7, 11) is 0. The molecule has 0 spiro atoms. The minimum Gasteiger partial charge on any atom is -0.493 e. The number of rotatable bonds is 4. The van der Waals surface area contributed by atoms with Gasteiger partial charge in [-0.3, -0.25) is 0 Å². The summed E-state index contributed by atoms with van der Waals surface area (Å²) >= 11 is 3.33. The van der Waals surface area contributed by atoms with Crippen LogP contribution in [0.2, 0.25) is 0 Å². The molecule has 0 amide bonds. The van der Waals surface area contributed by atoms with Gasteiger partial charge in [-0.2, -0.15) is 0 Å². The number of alkyl halides is 1. The lowest BCUT2D eigenvalue weighted by atomic mass is 9.86. The van der Waals surface area contributed by atoms with Gasteiger partial charge in [0, 0.05) is 10.9 Å². The van der Waals surface area contributed by atoms with Crippen molar-refractivity contribution in [3.05, 3.63) is 29.6 Å². The highest BCUT2D eigenvalue weighted by molar-refractivity contribution is 9.08. The number of hydrogen-bond acceptors (Lipinski definition) is 1. The first-order valence-electron chi connectivity index (χ1n) is 5.27. The maximum absolute atomic E-state index is 12.9. The standard InChI is InChI=1S/C12H14BrFO/c13-7-10-6-11(14)4-5-12(10)15-8-9-2-1-3-9/h4-6,9H,1-3,7-8H2. The van der Waals surface area contributed by atoms with E-state index in [0.29, 0.717) is 11.2 Å². The van der Waals surface area contributed by atoms with E-state index >= 15 is 0 Å². The largest absolute Gasteiger partial charge is 0.493 e. The van der Waals surface area contributed by atoms with Gasteiger partial charge in [-0.05, 0) is 37.0 Å². The molecule has 1 saturated carbocycles. The Morgan fingerprint density at radius 3 is 2.80 bits per heavy atom. The number of hydrogen-bond donors (Lipinski definition) is 0. The average molecular weight is 273 g/mol. The third-order valence-electron chi connectivity index (χ3n) is 2.87. The van der Waals surface area contributed by atoms with Gasteiger partial charge in [-0.25, -0.2) is 4.39 Å². The van der Waals surface area contributed by atoms with E-state index in [1.807, 2.05) is 0 Å². The SMILES string of the molecule is Fc1ccc(OCC2CCC2)c(CBr)c1. The van der Waals surface area contributed by atoms with Gasteiger partial charge in [0.15, 0.2) is 0 Å². The normalized spacial score (nSPS) is 16.1. The van der Waals surface area contributed by atoms with Crippen LogP contribution in [0.4, 0.5) is 4.39 Å². The molecule has 0 atom stereocenters. The maximum Gasteiger partial charge on any atom is 0.123 e. The molecule has 0 aliphatic heterocycles. The number of benzene rings is 1. The quantitative estimate of drug-likeness (QED) is 0.756. The van der Waals surface area contributed by atoms with Gasteiger partial charge in [-0.1, -0.05) is 22.4 Å². The van der Waals surface area contributed by atoms with Crippen LogP contribution in [0.15, 0.2) is 18.2 Å². The fraction of sp³-hybridized carbons (Fsp3) is 0.500. The number of ether oxygens (including phenoxy) is 1. The van der Waals surface area contributed by atoms with Gasteiger partial charge in [0.25, 0.3) is 0 Å². The summed E-state index contributed by atoms with van der Waals surface area (Å²) in [5.74, 6) is 1.30. The Kier molecular flexibility index (Phi) is 3.62. The monoisotopic (exact) mass is 272 g/mol. The predicted octanol–water partition coefficient (Wildman–Crippen LogP) is 3.90. The summed E-state index contributed by atoms with van der Waals surface area (Å²) in [5, 5.41) is 0.630. The Balaban J connectivity index is 1.99. The van der Waals surface area contributed by atoms with Gasteiger partial charge in [0.1, 0.15) is 11.6 Å². The third kappa shape index (κ3) is 2.71. The molecule has 0 unspecified atom stereocenters. The van der Waals surface area contributed by atoms with Crippen molar-refractivity contribution < 1.29 is 9.13 Å². The first-order valence-corrected chi connectivity index (χ1v) is 6.39. The molecule has 1 aromatic carbocycles. The molecular formula is C12H14BrFO. The minimum atomic E-state index is -0.208. The van der Waals surface area contributed by atoms with Crippen LogP contribution in [0.5, 0.6) is 5.75 Å². The molecule has 1 nitrogen and oxygen atoms in total. The van der Waals surface area contributed by atoms with Gasteiger partial charge in [0.2, 0.25) is 0 Å². The molecule has 1 fully saturated rings. The third-order valence-corrected chi connectivity index (χ3v) is 3.47. The molecule has 0 saturated heterocycles. The summed E-state index contributed by atoms with van der Waals surface area (Å²) < 4.78 is 18.6. The lowest BCUT2D eigenvalue weighted by Crippen LogP contribution is -2.19. The fourth-order valence-electron chi connectivity index (χ4n) is 1.66. The Morgan fingerprint density at radius 1 is 1.40 bits per heavy atom. The Bertz CT molecular complexity index is 336. The van der Waals surface area contributed by atoms with Gasteiger partial charge in [-0.15, -0.1) is 0 Å². The van der Waals surface area contributed by atoms with E-state index in [-0.39, 0.29) is 5.82 Å². The van der Waals surface area contributed by atoms with Crippen molar-refractivity contribution in [3.8, 4) is 5.75 Å².